The van der Waals surface area contributed by atoms with Crippen LogP contribution in [0.2, 0.25) is 0 Å². The third-order valence-corrected chi connectivity index (χ3v) is 6.78. The number of rotatable bonds is 15. The Kier molecular flexibility index (Phi) is 10.2. The number of nitrogens with zero attached hydrogens (tertiary/aromatic N) is 2. The second kappa shape index (κ2) is 14.2. The van der Waals surface area contributed by atoms with Gasteiger partial charge in [-0.3, -0.25) is 4.79 Å². The van der Waals surface area contributed by atoms with Gasteiger partial charge in [-0.1, -0.05) is 48.9 Å². The lowest BCUT2D eigenvalue weighted by molar-refractivity contribution is -0.120. The van der Waals surface area contributed by atoms with Gasteiger partial charge in [0.1, 0.15) is 17.3 Å². The lowest BCUT2D eigenvalue weighted by Gasteiger charge is -2.11. The van der Waals surface area contributed by atoms with Crippen LogP contribution in [0, 0.1) is 6.92 Å². The summed E-state index contributed by atoms with van der Waals surface area (Å²) in [5, 5.41) is 3.04. The number of unbranched alkanes of at least 4 members (excludes halogenated alkanes) is 3. The van der Waals surface area contributed by atoms with E-state index < -0.39 is 0 Å². The van der Waals surface area contributed by atoms with Crippen molar-refractivity contribution in [2.45, 2.75) is 58.4 Å². The minimum Gasteiger partial charge on any atom is -0.497 e. The van der Waals surface area contributed by atoms with Crippen molar-refractivity contribution < 1.29 is 14.3 Å². The average molecular weight is 514 g/mol. The molecule has 0 aliphatic heterocycles. The molecular weight excluding hydrogens is 474 g/mol. The molecule has 0 radical (unpaired) electrons. The minimum atomic E-state index is 0.0587. The van der Waals surface area contributed by atoms with E-state index in [1.165, 1.54) is 11.1 Å². The van der Waals surface area contributed by atoms with Crippen molar-refractivity contribution in [2.24, 2.45) is 0 Å². The summed E-state index contributed by atoms with van der Waals surface area (Å²) >= 11 is 0. The van der Waals surface area contributed by atoms with Crippen LogP contribution in [0.15, 0.2) is 72.8 Å². The van der Waals surface area contributed by atoms with Crippen LogP contribution in [-0.2, 0) is 24.2 Å². The van der Waals surface area contributed by atoms with Crippen molar-refractivity contribution in [3.63, 3.8) is 0 Å². The van der Waals surface area contributed by atoms with Crippen LogP contribution in [0.1, 0.15) is 49.1 Å². The normalized spacial score (nSPS) is 11.0. The van der Waals surface area contributed by atoms with Gasteiger partial charge < -0.3 is 19.4 Å². The molecular formula is C32H39N3O3. The van der Waals surface area contributed by atoms with Gasteiger partial charge in [0.15, 0.2) is 0 Å². The molecule has 1 aromatic heterocycles. The summed E-state index contributed by atoms with van der Waals surface area (Å²) in [6, 6.07) is 24.2. The molecule has 1 N–H and O–H groups in total. The molecule has 6 nitrogen and oxygen atoms in total. The van der Waals surface area contributed by atoms with Crippen molar-refractivity contribution in [2.75, 3.05) is 20.3 Å². The number of nitrogens with one attached hydrogen (secondary N) is 1. The summed E-state index contributed by atoms with van der Waals surface area (Å²) in [6.07, 6.45) is 6.43. The quantitative estimate of drug-likeness (QED) is 0.190. The highest BCUT2D eigenvalue weighted by Crippen LogP contribution is 2.20. The van der Waals surface area contributed by atoms with Gasteiger partial charge in [-0.25, -0.2) is 4.98 Å². The maximum Gasteiger partial charge on any atom is 0.224 e. The molecule has 0 atom stereocenters. The molecule has 4 aromatic rings. The molecule has 38 heavy (non-hydrogen) atoms. The van der Waals surface area contributed by atoms with E-state index in [2.05, 4.69) is 41.1 Å². The number of amides is 1. The van der Waals surface area contributed by atoms with Gasteiger partial charge in [0, 0.05) is 19.5 Å². The van der Waals surface area contributed by atoms with Crippen molar-refractivity contribution in [1.82, 2.24) is 14.9 Å². The van der Waals surface area contributed by atoms with Crippen molar-refractivity contribution in [3.05, 3.63) is 89.7 Å². The standard InChI is InChI=1S/C32H39N3O3/c1-25-12-5-8-15-30(25)38-23-11-10-22-35-29-14-7-6-13-28(29)34-31(35)16-4-3-9-21-33-32(36)24-26-17-19-27(37-2)20-18-26/h5-8,12-15,17-20H,3-4,9-11,16,21-24H2,1-2H3,(H,33,36). The molecule has 0 aliphatic rings. The van der Waals surface area contributed by atoms with Crippen LogP contribution in [0.25, 0.3) is 11.0 Å². The van der Waals surface area contributed by atoms with Crippen molar-refractivity contribution >= 4 is 16.9 Å². The second-order valence-electron chi connectivity index (χ2n) is 9.67. The molecule has 0 aliphatic carbocycles. The van der Waals surface area contributed by atoms with E-state index in [1.54, 1.807) is 7.11 Å². The van der Waals surface area contributed by atoms with Crippen LogP contribution in [-0.4, -0.2) is 35.7 Å². The van der Waals surface area contributed by atoms with Crippen LogP contribution in [0.4, 0.5) is 0 Å². The van der Waals surface area contributed by atoms with Crippen LogP contribution in [0.3, 0.4) is 0 Å². The Labute approximate surface area is 226 Å². The fourth-order valence-corrected chi connectivity index (χ4v) is 4.64. The number of methoxy groups -OCH3 is 1. The number of para-hydroxylation sites is 3. The van der Waals surface area contributed by atoms with Gasteiger partial charge in [0.25, 0.3) is 0 Å². The largest absolute Gasteiger partial charge is 0.497 e. The molecule has 0 spiro atoms. The van der Waals surface area contributed by atoms with E-state index >= 15 is 0 Å². The Hall–Kier alpha value is -3.80. The molecule has 0 fully saturated rings. The number of hydrogen-bond acceptors (Lipinski definition) is 4. The number of imidazole rings is 1. The number of carbonyl (C=O) groups is 1. The monoisotopic (exact) mass is 513 g/mol. The zero-order chi connectivity index (χ0) is 26.6. The molecule has 1 heterocycles. The summed E-state index contributed by atoms with van der Waals surface area (Å²) in [4.78, 5) is 17.2. The second-order valence-corrected chi connectivity index (χ2v) is 9.67. The highest BCUT2D eigenvalue weighted by molar-refractivity contribution is 5.78. The van der Waals surface area contributed by atoms with Crippen molar-refractivity contribution in [3.8, 4) is 11.5 Å². The van der Waals surface area contributed by atoms with E-state index in [0.29, 0.717) is 13.0 Å². The molecule has 3 aromatic carbocycles. The van der Waals surface area contributed by atoms with E-state index in [9.17, 15) is 4.79 Å². The predicted octanol–water partition coefficient (Wildman–Crippen LogP) is 6.28. The minimum absolute atomic E-state index is 0.0587. The average Bonchev–Trinajstić information content (AvgIpc) is 3.29. The number of fused-ring (bicyclic) bond motifs is 1. The molecule has 6 heteroatoms. The summed E-state index contributed by atoms with van der Waals surface area (Å²) in [6.45, 7) is 4.44. The summed E-state index contributed by atoms with van der Waals surface area (Å²) < 4.78 is 13.5. The van der Waals surface area contributed by atoms with E-state index in [1.807, 2.05) is 48.5 Å². The third kappa shape index (κ3) is 7.85. The van der Waals surface area contributed by atoms with Gasteiger partial charge in [-0.15, -0.1) is 0 Å². The number of benzene rings is 3. The Morgan fingerprint density at radius 3 is 2.50 bits per heavy atom. The predicted molar refractivity (Wildman–Crippen MR) is 153 cm³/mol. The van der Waals surface area contributed by atoms with E-state index in [0.717, 1.165) is 80.1 Å². The highest BCUT2D eigenvalue weighted by atomic mass is 16.5. The fourth-order valence-electron chi connectivity index (χ4n) is 4.64. The number of carbonyl (C=O) groups excluding carboxylic acids is 1. The zero-order valence-electron chi connectivity index (χ0n) is 22.6. The van der Waals surface area contributed by atoms with Gasteiger partial charge in [0.05, 0.1) is 31.2 Å². The van der Waals surface area contributed by atoms with Gasteiger partial charge in [-0.2, -0.15) is 0 Å². The fraction of sp³-hybridized carbons (Fsp3) is 0.375. The summed E-state index contributed by atoms with van der Waals surface area (Å²) in [5.41, 5.74) is 4.42. The first-order valence-electron chi connectivity index (χ1n) is 13.7. The molecule has 0 saturated heterocycles. The van der Waals surface area contributed by atoms with Crippen LogP contribution in [0.5, 0.6) is 11.5 Å². The summed E-state index contributed by atoms with van der Waals surface area (Å²) in [7, 11) is 1.64. The third-order valence-electron chi connectivity index (χ3n) is 6.78. The number of aryl methyl sites for hydroxylation is 3. The van der Waals surface area contributed by atoms with E-state index in [-0.39, 0.29) is 5.91 Å². The Morgan fingerprint density at radius 1 is 0.895 bits per heavy atom. The molecule has 0 unspecified atom stereocenters. The van der Waals surface area contributed by atoms with Gasteiger partial charge >= 0.3 is 0 Å². The number of aromatic nitrogens is 2. The first kappa shape index (κ1) is 27.2. The molecule has 0 saturated carbocycles. The number of hydrogen-bond donors (Lipinski definition) is 1. The SMILES string of the molecule is COc1ccc(CC(=O)NCCCCCc2nc3ccccc3n2CCCCOc2ccccc2C)cc1. The van der Waals surface area contributed by atoms with Gasteiger partial charge in [-0.05, 0) is 74.1 Å². The van der Waals surface area contributed by atoms with Crippen LogP contribution < -0.4 is 14.8 Å². The summed E-state index contributed by atoms with van der Waals surface area (Å²) in [5.74, 6) is 2.98. The van der Waals surface area contributed by atoms with Gasteiger partial charge in [0.2, 0.25) is 5.91 Å². The Morgan fingerprint density at radius 2 is 1.68 bits per heavy atom. The molecule has 4 rings (SSSR count). The topological polar surface area (TPSA) is 65.4 Å². The smallest absolute Gasteiger partial charge is 0.224 e. The molecule has 1 amide bonds. The maximum absolute atomic E-state index is 12.2. The zero-order valence-corrected chi connectivity index (χ0v) is 22.6. The highest BCUT2D eigenvalue weighted by Gasteiger charge is 2.10. The molecule has 0 bridgehead atoms. The first-order chi connectivity index (χ1) is 18.6. The lowest BCUT2D eigenvalue weighted by atomic mass is 10.1. The lowest BCUT2D eigenvalue weighted by Crippen LogP contribution is -2.26. The first-order valence-corrected chi connectivity index (χ1v) is 13.7. The van der Waals surface area contributed by atoms with E-state index in [4.69, 9.17) is 14.5 Å². The van der Waals surface area contributed by atoms with Crippen LogP contribution >= 0.6 is 0 Å². The maximum atomic E-state index is 12.2. The Bertz CT molecular complexity index is 1300. The Balaban J connectivity index is 1.18. The van der Waals surface area contributed by atoms with Crippen molar-refractivity contribution in [1.29, 1.82) is 0 Å². The number of ether oxygens (including phenoxy) is 2. The molecule has 200 valence electrons.